The number of anilines is 2. The molecule has 4 rings (SSSR count). The molecule has 0 aliphatic rings. The number of H-pyrrole nitrogens is 1. The first-order valence-corrected chi connectivity index (χ1v) is 9.26. The fourth-order valence-corrected chi connectivity index (χ4v) is 2.89. The monoisotopic (exact) mass is 409 g/mol. The van der Waals surface area contributed by atoms with Gasteiger partial charge in [-0.25, -0.2) is 13.9 Å². The average Bonchev–Trinajstić information content (AvgIpc) is 3.35. The molecule has 10 heteroatoms. The number of esters is 1. The molecule has 0 amide bonds. The second kappa shape index (κ2) is 7.91. The number of hydrogen-bond donors (Lipinski definition) is 3. The van der Waals surface area contributed by atoms with E-state index < -0.39 is 23.9 Å². The van der Waals surface area contributed by atoms with Gasteiger partial charge < -0.3 is 15.8 Å². The third-order valence-electron chi connectivity index (χ3n) is 4.37. The molecule has 0 spiro atoms. The normalized spacial score (nSPS) is 13.2. The van der Waals surface area contributed by atoms with E-state index in [0.717, 1.165) is 5.69 Å². The number of rotatable bonds is 6. The first-order chi connectivity index (χ1) is 14.4. The van der Waals surface area contributed by atoms with Crippen LogP contribution in [0.4, 0.5) is 16.0 Å². The molecular weight excluding hydrogens is 389 g/mol. The van der Waals surface area contributed by atoms with E-state index in [4.69, 9.17) is 10.5 Å². The Morgan fingerprint density at radius 3 is 2.73 bits per heavy atom. The van der Waals surface area contributed by atoms with Crippen LogP contribution in [0.2, 0.25) is 0 Å². The molecule has 9 nitrogen and oxygen atoms in total. The Bertz CT molecular complexity index is 1180. The van der Waals surface area contributed by atoms with Crippen LogP contribution in [0.15, 0.2) is 48.7 Å². The molecule has 4 N–H and O–H groups in total. The van der Waals surface area contributed by atoms with Gasteiger partial charge in [-0.1, -0.05) is 12.1 Å². The van der Waals surface area contributed by atoms with Crippen LogP contribution in [0.25, 0.3) is 5.52 Å². The fourth-order valence-electron chi connectivity index (χ4n) is 2.89. The second-order valence-electron chi connectivity index (χ2n) is 6.87. The molecule has 30 heavy (non-hydrogen) atoms. The largest absolute Gasteiger partial charge is 0.448 e. The SMILES string of the molecule is Cc1cc(Nc2nc(C(OC(=O)[C@@H](C)N)c3ccc(F)cc3)nn3cccc23)n[nH]1. The van der Waals surface area contributed by atoms with Crippen LogP contribution < -0.4 is 11.1 Å². The summed E-state index contributed by atoms with van der Waals surface area (Å²) >= 11 is 0. The molecule has 0 aliphatic heterocycles. The van der Waals surface area contributed by atoms with Crippen LogP contribution >= 0.6 is 0 Å². The number of carbonyl (C=O) groups excluding carboxylic acids is 1. The van der Waals surface area contributed by atoms with Crippen molar-refractivity contribution in [2.24, 2.45) is 5.73 Å². The lowest BCUT2D eigenvalue weighted by atomic mass is 10.1. The fraction of sp³-hybridized carbons (Fsp3) is 0.200. The molecule has 0 bridgehead atoms. The van der Waals surface area contributed by atoms with Crippen LogP contribution in [0.1, 0.15) is 30.1 Å². The molecule has 3 aromatic heterocycles. The minimum absolute atomic E-state index is 0.203. The molecule has 0 saturated heterocycles. The van der Waals surface area contributed by atoms with Crippen molar-refractivity contribution in [3.05, 3.63) is 71.6 Å². The summed E-state index contributed by atoms with van der Waals surface area (Å²) < 4.78 is 20.6. The summed E-state index contributed by atoms with van der Waals surface area (Å²) in [5.41, 5.74) is 7.77. The van der Waals surface area contributed by atoms with E-state index in [1.165, 1.54) is 31.2 Å². The number of halogens is 1. The van der Waals surface area contributed by atoms with Gasteiger partial charge in [0.05, 0.1) is 0 Å². The number of hydrogen-bond acceptors (Lipinski definition) is 7. The Balaban J connectivity index is 1.80. The summed E-state index contributed by atoms with van der Waals surface area (Å²) in [6, 6.07) is 10.2. The number of nitrogens with zero attached hydrogens (tertiary/aromatic N) is 4. The lowest BCUT2D eigenvalue weighted by molar-refractivity contribution is -0.149. The molecule has 2 atom stereocenters. The van der Waals surface area contributed by atoms with Gasteiger partial charge in [-0.2, -0.15) is 5.10 Å². The third-order valence-corrected chi connectivity index (χ3v) is 4.37. The Morgan fingerprint density at radius 1 is 1.30 bits per heavy atom. The number of fused-ring (bicyclic) bond motifs is 1. The van der Waals surface area contributed by atoms with E-state index in [1.54, 1.807) is 10.7 Å². The highest BCUT2D eigenvalue weighted by Gasteiger charge is 2.25. The summed E-state index contributed by atoms with van der Waals surface area (Å²) in [5, 5.41) is 14.6. The summed E-state index contributed by atoms with van der Waals surface area (Å²) in [6.07, 6.45) is 0.772. The van der Waals surface area contributed by atoms with E-state index in [1.807, 2.05) is 25.1 Å². The van der Waals surface area contributed by atoms with Crippen molar-refractivity contribution in [3.63, 3.8) is 0 Å². The number of benzene rings is 1. The minimum atomic E-state index is -0.975. The van der Waals surface area contributed by atoms with Crippen molar-refractivity contribution in [3.8, 4) is 0 Å². The smallest absolute Gasteiger partial charge is 0.323 e. The van der Waals surface area contributed by atoms with Gasteiger partial charge in [-0.3, -0.25) is 9.89 Å². The zero-order valence-electron chi connectivity index (χ0n) is 16.3. The molecular formula is C20H20FN7O2. The third kappa shape index (κ3) is 3.98. The number of ether oxygens (including phenoxy) is 1. The molecule has 0 aliphatic carbocycles. The number of nitrogens with two attached hydrogens (primary N) is 1. The summed E-state index contributed by atoms with van der Waals surface area (Å²) in [4.78, 5) is 16.8. The van der Waals surface area contributed by atoms with Gasteiger partial charge >= 0.3 is 5.97 Å². The highest BCUT2D eigenvalue weighted by atomic mass is 19.1. The molecule has 1 unspecified atom stereocenters. The van der Waals surface area contributed by atoms with Crippen molar-refractivity contribution in [2.45, 2.75) is 26.0 Å². The summed E-state index contributed by atoms with van der Waals surface area (Å²) in [7, 11) is 0. The summed E-state index contributed by atoms with van der Waals surface area (Å²) in [6.45, 7) is 3.40. The molecule has 0 radical (unpaired) electrons. The number of aromatic amines is 1. The quantitative estimate of drug-likeness (QED) is 0.418. The summed E-state index contributed by atoms with van der Waals surface area (Å²) in [5.74, 6) is 0.215. The van der Waals surface area contributed by atoms with Crippen molar-refractivity contribution in [1.82, 2.24) is 24.8 Å². The number of carbonyl (C=O) groups is 1. The molecule has 0 fully saturated rings. The molecule has 3 heterocycles. The lowest BCUT2D eigenvalue weighted by Gasteiger charge is -2.19. The lowest BCUT2D eigenvalue weighted by Crippen LogP contribution is -2.31. The van der Waals surface area contributed by atoms with Crippen LogP contribution in [-0.2, 0) is 9.53 Å². The van der Waals surface area contributed by atoms with Gasteiger partial charge in [0, 0.05) is 23.5 Å². The zero-order chi connectivity index (χ0) is 21.3. The van der Waals surface area contributed by atoms with Gasteiger partial charge in [0.1, 0.15) is 17.4 Å². The van der Waals surface area contributed by atoms with Crippen LogP contribution in [0, 0.1) is 12.7 Å². The van der Waals surface area contributed by atoms with Gasteiger partial charge in [0.2, 0.25) is 0 Å². The topological polar surface area (TPSA) is 123 Å². The molecule has 154 valence electrons. The van der Waals surface area contributed by atoms with Gasteiger partial charge in [-0.15, -0.1) is 5.10 Å². The van der Waals surface area contributed by atoms with E-state index >= 15 is 0 Å². The van der Waals surface area contributed by atoms with Crippen LogP contribution in [0.5, 0.6) is 0 Å². The highest BCUT2D eigenvalue weighted by Crippen LogP contribution is 2.27. The molecule has 0 saturated carbocycles. The molecule has 1 aromatic carbocycles. The first kappa shape index (κ1) is 19.5. The minimum Gasteiger partial charge on any atom is -0.448 e. The predicted octanol–water partition coefficient (Wildman–Crippen LogP) is 2.62. The highest BCUT2D eigenvalue weighted by molar-refractivity contribution is 5.75. The van der Waals surface area contributed by atoms with Crippen LogP contribution in [0.3, 0.4) is 0 Å². The van der Waals surface area contributed by atoms with E-state index in [-0.39, 0.29) is 5.82 Å². The number of nitrogens with one attached hydrogen (secondary N) is 2. The Hall–Kier alpha value is -3.79. The second-order valence-corrected chi connectivity index (χ2v) is 6.87. The van der Waals surface area contributed by atoms with Crippen LogP contribution in [-0.4, -0.2) is 36.8 Å². The Morgan fingerprint density at radius 2 is 2.07 bits per heavy atom. The van der Waals surface area contributed by atoms with E-state index in [9.17, 15) is 9.18 Å². The maximum Gasteiger partial charge on any atom is 0.323 e. The molecule has 4 aromatic rings. The van der Waals surface area contributed by atoms with Crippen molar-refractivity contribution in [2.75, 3.05) is 5.32 Å². The van der Waals surface area contributed by atoms with E-state index in [2.05, 4.69) is 25.6 Å². The predicted molar refractivity (Wildman–Crippen MR) is 108 cm³/mol. The van der Waals surface area contributed by atoms with Gasteiger partial charge in [0.25, 0.3) is 0 Å². The standard InChI is InChI=1S/C20H20FN7O2/c1-11-10-16(26-25-11)23-18-15-4-3-9-28(15)27-19(24-18)17(30-20(29)12(2)22)13-5-7-14(21)8-6-13/h3-10,12,17H,22H2,1-2H3,(H2,23,24,25,26,27)/t12-,17?/m1/s1. The van der Waals surface area contributed by atoms with Gasteiger partial charge in [-0.05, 0) is 38.1 Å². The van der Waals surface area contributed by atoms with Crippen molar-refractivity contribution in [1.29, 1.82) is 0 Å². The average molecular weight is 409 g/mol. The van der Waals surface area contributed by atoms with Gasteiger partial charge in [0.15, 0.2) is 23.6 Å². The van der Waals surface area contributed by atoms with Crippen molar-refractivity contribution >= 4 is 23.1 Å². The maximum atomic E-state index is 13.4. The van der Waals surface area contributed by atoms with Crippen molar-refractivity contribution < 1.29 is 13.9 Å². The van der Waals surface area contributed by atoms with E-state index in [0.29, 0.717) is 22.7 Å². The Labute approximate surface area is 171 Å². The maximum absolute atomic E-state index is 13.4. The Kier molecular flexibility index (Phi) is 5.15. The zero-order valence-corrected chi connectivity index (χ0v) is 16.3. The first-order valence-electron chi connectivity index (χ1n) is 9.26. The number of aromatic nitrogens is 5. The number of aryl methyl sites for hydroxylation is 1.